The largest absolute Gasteiger partial charge is 0.484 e. The van der Waals surface area contributed by atoms with Crippen molar-refractivity contribution in [2.45, 2.75) is 36.5 Å². The summed E-state index contributed by atoms with van der Waals surface area (Å²) in [6, 6.07) is 16.0. The number of pyridine rings is 1. The van der Waals surface area contributed by atoms with Crippen molar-refractivity contribution in [2.24, 2.45) is 0 Å². The highest BCUT2D eigenvalue weighted by molar-refractivity contribution is 8.00. The molecule has 11 nitrogen and oxygen atoms in total. The highest BCUT2D eigenvalue weighted by atomic mass is 32.2. The molecule has 2 heterocycles. The molecule has 1 aliphatic rings. The van der Waals surface area contributed by atoms with Crippen LogP contribution in [-0.4, -0.2) is 92.6 Å². The van der Waals surface area contributed by atoms with Crippen molar-refractivity contribution in [3.05, 3.63) is 101 Å². The molecule has 0 saturated heterocycles. The molecular weight excluding hydrogens is 644 g/mol. The van der Waals surface area contributed by atoms with Gasteiger partial charge in [-0.05, 0) is 55.4 Å². The fourth-order valence-electron chi connectivity index (χ4n) is 5.33. The fraction of sp³-hybridized carbons (Fsp3) is 0.351. The third-order valence-electron chi connectivity index (χ3n) is 7.93. The lowest BCUT2D eigenvalue weighted by atomic mass is 10.0. The van der Waals surface area contributed by atoms with Gasteiger partial charge in [0.05, 0.1) is 17.5 Å². The number of hydrogen-bond donors (Lipinski definition) is 2. The zero-order valence-electron chi connectivity index (χ0n) is 28.4. The summed E-state index contributed by atoms with van der Waals surface area (Å²) in [6.07, 6.45) is 5.23. The van der Waals surface area contributed by atoms with E-state index in [4.69, 9.17) is 14.2 Å². The average molecular weight is 689 g/mol. The van der Waals surface area contributed by atoms with Gasteiger partial charge in [-0.25, -0.2) is 0 Å². The van der Waals surface area contributed by atoms with Crippen molar-refractivity contribution in [3.8, 4) is 5.75 Å². The van der Waals surface area contributed by atoms with Gasteiger partial charge in [0.25, 0.3) is 11.8 Å². The number of amides is 2. The number of aromatic amines is 1. The van der Waals surface area contributed by atoms with Crippen LogP contribution in [0.1, 0.15) is 20.3 Å². The van der Waals surface area contributed by atoms with E-state index in [-0.39, 0.29) is 24.0 Å². The van der Waals surface area contributed by atoms with Crippen molar-refractivity contribution >= 4 is 46.1 Å². The Bertz CT molecular complexity index is 1770. The van der Waals surface area contributed by atoms with Crippen LogP contribution in [0.5, 0.6) is 5.75 Å². The van der Waals surface area contributed by atoms with Gasteiger partial charge in [0, 0.05) is 62.1 Å². The minimum absolute atomic E-state index is 0.153. The number of nitrogens with zero attached hydrogens (tertiary/aromatic N) is 2. The Kier molecular flexibility index (Phi) is 13.8. The van der Waals surface area contributed by atoms with Crippen LogP contribution in [0.2, 0.25) is 0 Å². The molecule has 0 fully saturated rings. The van der Waals surface area contributed by atoms with Gasteiger partial charge in [-0.1, -0.05) is 49.4 Å². The van der Waals surface area contributed by atoms with Crippen molar-refractivity contribution in [2.75, 3.05) is 58.5 Å². The number of nitrogens with one attached hydrogen (secondary N) is 2. The van der Waals surface area contributed by atoms with Crippen LogP contribution >= 0.6 is 11.8 Å². The van der Waals surface area contributed by atoms with E-state index in [2.05, 4.69) is 16.9 Å². The molecule has 0 radical (unpaired) electrons. The van der Waals surface area contributed by atoms with Gasteiger partial charge in [0.1, 0.15) is 5.75 Å². The number of H-pyrrole nitrogens is 1. The summed E-state index contributed by atoms with van der Waals surface area (Å²) in [5, 5.41) is 3.23. The minimum atomic E-state index is -1.03. The topological polar surface area (TPSA) is 130 Å². The number of carbonyl (C=O) groups is 3. The Morgan fingerprint density at radius 2 is 1.88 bits per heavy atom. The van der Waals surface area contributed by atoms with Gasteiger partial charge in [0.2, 0.25) is 5.56 Å². The van der Waals surface area contributed by atoms with E-state index >= 15 is 0 Å². The van der Waals surface area contributed by atoms with Gasteiger partial charge in [-0.3, -0.25) is 19.2 Å². The number of thioether (sulfide) groups is 1. The molecule has 260 valence electrons. The standard InChI is InChI=1S/C37H44N4O7S/c1-6-26(23-46-5)12-13-27(7-2)36-35(48-25(3)42)37(45)41(31-10-8-9-11-32(31)49-36)21-20-40(4)19-18-38-34(44)24-47-29-15-16-30-28(22-29)14-17-33(43)39-30/h6,8-17,22,35-36H,1,7,18-21,23-24H2,2-5H3,(H,38,44)(H,39,43)/b26-12+,27-13+. The molecule has 1 aliphatic heterocycles. The Morgan fingerprint density at radius 1 is 1.08 bits per heavy atom. The van der Waals surface area contributed by atoms with Crippen molar-refractivity contribution < 1.29 is 28.6 Å². The normalized spacial score (nSPS) is 16.7. The van der Waals surface area contributed by atoms with E-state index in [1.165, 1.54) is 24.8 Å². The number of likely N-dealkylation sites (N-methyl/N-ethyl adjacent to an activating group) is 1. The monoisotopic (exact) mass is 688 g/mol. The second kappa shape index (κ2) is 18.2. The van der Waals surface area contributed by atoms with E-state index in [0.29, 0.717) is 50.5 Å². The summed E-state index contributed by atoms with van der Waals surface area (Å²) >= 11 is 1.51. The minimum Gasteiger partial charge on any atom is -0.484 e. The number of rotatable bonds is 16. The Balaban J connectivity index is 1.39. The third kappa shape index (κ3) is 10.4. The maximum absolute atomic E-state index is 14.2. The zero-order chi connectivity index (χ0) is 35.3. The summed E-state index contributed by atoms with van der Waals surface area (Å²) in [6.45, 7) is 9.21. The van der Waals surface area contributed by atoms with Gasteiger partial charge >= 0.3 is 5.97 Å². The van der Waals surface area contributed by atoms with Crippen LogP contribution in [0.15, 0.2) is 100 Å². The van der Waals surface area contributed by atoms with Crippen LogP contribution in [0.25, 0.3) is 10.9 Å². The number of carbonyl (C=O) groups excluding carboxylic acids is 3. The van der Waals surface area contributed by atoms with E-state index in [1.54, 1.807) is 42.4 Å². The second-order valence-electron chi connectivity index (χ2n) is 11.5. The van der Waals surface area contributed by atoms with E-state index in [0.717, 1.165) is 27.1 Å². The highest BCUT2D eigenvalue weighted by Gasteiger charge is 2.41. The summed E-state index contributed by atoms with van der Waals surface area (Å²) in [7, 11) is 3.53. The number of benzene rings is 2. The lowest BCUT2D eigenvalue weighted by molar-refractivity contribution is -0.152. The fourth-order valence-corrected chi connectivity index (χ4v) is 6.75. The number of hydrogen-bond acceptors (Lipinski definition) is 9. The first-order valence-electron chi connectivity index (χ1n) is 16.1. The molecule has 4 rings (SSSR count). The molecule has 0 spiro atoms. The summed E-state index contributed by atoms with van der Waals surface area (Å²) in [5.41, 5.74) is 3.10. The molecule has 2 amide bonds. The molecule has 0 saturated carbocycles. The van der Waals surface area contributed by atoms with Crippen LogP contribution in [0.3, 0.4) is 0 Å². The highest BCUT2D eigenvalue weighted by Crippen LogP contribution is 2.42. The van der Waals surface area contributed by atoms with Crippen LogP contribution in [0.4, 0.5) is 5.69 Å². The molecule has 12 heteroatoms. The van der Waals surface area contributed by atoms with Crippen molar-refractivity contribution in [1.29, 1.82) is 0 Å². The van der Waals surface area contributed by atoms with Crippen LogP contribution in [-0.2, 0) is 23.9 Å². The number of methoxy groups -OCH3 is 1. The molecule has 2 atom stereocenters. The van der Waals surface area contributed by atoms with E-state index in [1.807, 2.05) is 55.3 Å². The first-order chi connectivity index (χ1) is 23.6. The third-order valence-corrected chi connectivity index (χ3v) is 9.33. The molecule has 0 aliphatic carbocycles. The maximum atomic E-state index is 14.2. The molecule has 2 unspecified atom stereocenters. The molecular formula is C37H44N4O7S. The zero-order valence-corrected chi connectivity index (χ0v) is 29.2. The molecule has 0 bridgehead atoms. The van der Waals surface area contributed by atoms with Gasteiger partial charge in [0.15, 0.2) is 12.7 Å². The molecule has 1 aromatic heterocycles. The number of ether oxygens (including phenoxy) is 3. The number of anilines is 1. The number of para-hydroxylation sites is 1. The second-order valence-corrected chi connectivity index (χ2v) is 12.7. The Labute approximate surface area is 291 Å². The molecule has 2 aromatic carbocycles. The number of fused-ring (bicyclic) bond motifs is 2. The van der Waals surface area contributed by atoms with Gasteiger partial charge in [-0.2, -0.15) is 0 Å². The first kappa shape index (κ1) is 37.2. The van der Waals surface area contributed by atoms with Crippen molar-refractivity contribution in [3.63, 3.8) is 0 Å². The predicted octanol–water partition coefficient (Wildman–Crippen LogP) is 4.49. The number of aromatic nitrogens is 1. The first-order valence-corrected chi connectivity index (χ1v) is 17.0. The smallest absolute Gasteiger partial charge is 0.303 e. The van der Waals surface area contributed by atoms with Gasteiger partial charge in [-0.15, -0.1) is 11.8 Å². The number of allylic oxidation sites excluding steroid dienone is 2. The van der Waals surface area contributed by atoms with E-state index < -0.39 is 17.3 Å². The van der Waals surface area contributed by atoms with Crippen molar-refractivity contribution in [1.82, 2.24) is 15.2 Å². The van der Waals surface area contributed by atoms with Gasteiger partial charge < -0.3 is 34.3 Å². The molecule has 2 N–H and O–H groups in total. The molecule has 3 aromatic rings. The molecule has 49 heavy (non-hydrogen) atoms. The van der Waals surface area contributed by atoms with E-state index in [9.17, 15) is 19.2 Å². The number of esters is 1. The summed E-state index contributed by atoms with van der Waals surface area (Å²) in [4.78, 5) is 57.9. The quantitative estimate of drug-likeness (QED) is 0.165. The van der Waals surface area contributed by atoms with Crippen LogP contribution < -0.4 is 20.5 Å². The predicted molar refractivity (Wildman–Crippen MR) is 193 cm³/mol. The SMILES string of the molecule is C=C/C(=C\C=C(/CC)C1Sc2ccccc2N(CCN(C)CCNC(=O)COc2ccc3[nH]c(=O)ccc3c2)C(=O)C1OC(C)=O)COC. The summed E-state index contributed by atoms with van der Waals surface area (Å²) < 4.78 is 16.7. The summed E-state index contributed by atoms with van der Waals surface area (Å²) in [5.74, 6) is -0.565. The Hall–Kier alpha value is -4.65. The van der Waals surface area contributed by atoms with Crippen LogP contribution in [0, 0.1) is 0 Å². The maximum Gasteiger partial charge on any atom is 0.303 e. The average Bonchev–Trinajstić information content (AvgIpc) is 3.19. The lowest BCUT2D eigenvalue weighted by Gasteiger charge is -2.29. The lowest BCUT2D eigenvalue weighted by Crippen LogP contribution is -2.48. The Morgan fingerprint density at radius 3 is 2.61 bits per heavy atom.